The van der Waals surface area contributed by atoms with Gasteiger partial charge in [-0.15, -0.1) is 0 Å². The van der Waals surface area contributed by atoms with Crippen LogP contribution in [0.5, 0.6) is 0 Å². The fourth-order valence-electron chi connectivity index (χ4n) is 3.48. The fourth-order valence-corrected chi connectivity index (χ4v) is 3.48. The number of carboxylic acid groups (broad SMARTS) is 1. The van der Waals surface area contributed by atoms with E-state index in [1.807, 2.05) is 30.3 Å². The number of benzene rings is 1. The normalized spacial score (nSPS) is 24.3. The summed E-state index contributed by atoms with van der Waals surface area (Å²) in [5, 5.41) is 9.84. The van der Waals surface area contributed by atoms with Crippen molar-refractivity contribution in [3.05, 3.63) is 47.5 Å². The highest BCUT2D eigenvalue weighted by Gasteiger charge is 2.46. The maximum absolute atomic E-state index is 12.0. The smallest absolute Gasteiger partial charge is 0.311 e. The Morgan fingerprint density at radius 1 is 1.25 bits per heavy atom. The highest BCUT2D eigenvalue weighted by molar-refractivity contribution is 5.77. The molecule has 1 aliphatic carbocycles. The Kier molecular flexibility index (Phi) is 4.32. The van der Waals surface area contributed by atoms with E-state index in [-0.39, 0.29) is 5.41 Å². The molecule has 0 saturated carbocycles. The van der Waals surface area contributed by atoms with Gasteiger partial charge in [0.25, 0.3) is 0 Å². The Morgan fingerprint density at radius 3 is 2.35 bits per heavy atom. The van der Waals surface area contributed by atoms with Crippen molar-refractivity contribution in [3.8, 4) is 0 Å². The van der Waals surface area contributed by atoms with Gasteiger partial charge in [-0.2, -0.15) is 0 Å². The quantitative estimate of drug-likeness (QED) is 0.811. The van der Waals surface area contributed by atoms with Gasteiger partial charge in [0.1, 0.15) is 0 Å². The number of aliphatic carboxylic acids is 1. The van der Waals surface area contributed by atoms with Crippen molar-refractivity contribution < 1.29 is 9.90 Å². The molecule has 0 aliphatic heterocycles. The van der Waals surface area contributed by atoms with Crippen LogP contribution in [0.25, 0.3) is 0 Å². The third kappa shape index (κ3) is 2.65. The van der Waals surface area contributed by atoms with E-state index in [1.54, 1.807) is 0 Å². The molecule has 0 fully saturated rings. The molecule has 0 aromatic heterocycles. The molecular weight excluding hydrogens is 248 g/mol. The topological polar surface area (TPSA) is 37.3 Å². The van der Waals surface area contributed by atoms with E-state index in [9.17, 15) is 9.90 Å². The number of hydrogen-bond acceptors (Lipinski definition) is 1. The van der Waals surface area contributed by atoms with Crippen molar-refractivity contribution in [1.82, 2.24) is 0 Å². The number of rotatable bonds is 4. The van der Waals surface area contributed by atoms with Crippen LogP contribution >= 0.6 is 0 Å². The van der Waals surface area contributed by atoms with E-state index in [2.05, 4.69) is 26.8 Å². The molecule has 0 heterocycles. The molecule has 2 atom stereocenters. The zero-order valence-corrected chi connectivity index (χ0v) is 12.6. The standard InChI is InChI=1S/C18H24O2/c1-13(2)18(11-9-14(3)10-12-18)16(17(19)20)15-7-5-4-6-8-15/h4-9,13,16H,10-12H2,1-3H3,(H,19,20). The van der Waals surface area contributed by atoms with Gasteiger partial charge in [-0.1, -0.05) is 55.8 Å². The SMILES string of the molecule is CC1=CCC(C(C)C)(C(C(=O)O)c2ccccc2)CC1. The first-order valence-electron chi connectivity index (χ1n) is 7.41. The summed E-state index contributed by atoms with van der Waals surface area (Å²) in [7, 11) is 0. The van der Waals surface area contributed by atoms with Gasteiger partial charge in [0.05, 0.1) is 5.92 Å². The molecule has 2 unspecified atom stereocenters. The van der Waals surface area contributed by atoms with Gasteiger partial charge in [0.15, 0.2) is 0 Å². The molecule has 0 amide bonds. The highest BCUT2D eigenvalue weighted by atomic mass is 16.4. The van der Waals surface area contributed by atoms with Crippen LogP contribution in [0.4, 0.5) is 0 Å². The van der Waals surface area contributed by atoms with Crippen LogP contribution in [0, 0.1) is 11.3 Å². The Balaban J connectivity index is 2.47. The first-order valence-corrected chi connectivity index (χ1v) is 7.41. The Hall–Kier alpha value is -1.57. The Morgan fingerprint density at radius 2 is 1.90 bits per heavy atom. The molecule has 2 rings (SSSR count). The van der Waals surface area contributed by atoms with Crippen molar-refractivity contribution in [2.24, 2.45) is 11.3 Å². The van der Waals surface area contributed by atoms with E-state index in [0.717, 1.165) is 24.8 Å². The number of allylic oxidation sites excluding steroid dienone is 2. The van der Waals surface area contributed by atoms with Crippen LogP contribution < -0.4 is 0 Å². The van der Waals surface area contributed by atoms with Gasteiger partial charge in [-0.05, 0) is 43.1 Å². The molecule has 0 bridgehead atoms. The number of hydrogen-bond donors (Lipinski definition) is 1. The molecule has 0 spiro atoms. The van der Waals surface area contributed by atoms with E-state index in [1.165, 1.54) is 5.57 Å². The number of carbonyl (C=O) groups is 1. The molecule has 0 saturated heterocycles. The molecule has 1 aromatic carbocycles. The first kappa shape index (κ1) is 14.8. The summed E-state index contributed by atoms with van der Waals surface area (Å²) in [6, 6.07) is 9.71. The molecule has 108 valence electrons. The maximum Gasteiger partial charge on any atom is 0.311 e. The second kappa shape index (κ2) is 5.82. The van der Waals surface area contributed by atoms with Gasteiger partial charge in [0.2, 0.25) is 0 Å². The van der Waals surface area contributed by atoms with E-state index in [4.69, 9.17) is 0 Å². The van der Waals surface area contributed by atoms with Crippen molar-refractivity contribution in [1.29, 1.82) is 0 Å². The monoisotopic (exact) mass is 272 g/mol. The van der Waals surface area contributed by atoms with Crippen molar-refractivity contribution in [2.45, 2.75) is 46.0 Å². The van der Waals surface area contributed by atoms with Crippen molar-refractivity contribution in [2.75, 3.05) is 0 Å². The summed E-state index contributed by atoms with van der Waals surface area (Å²) in [4.78, 5) is 12.0. The molecule has 20 heavy (non-hydrogen) atoms. The van der Waals surface area contributed by atoms with E-state index < -0.39 is 11.9 Å². The minimum Gasteiger partial charge on any atom is -0.481 e. The van der Waals surface area contributed by atoms with Crippen LogP contribution in [0.15, 0.2) is 42.0 Å². The summed E-state index contributed by atoms with van der Waals surface area (Å²) >= 11 is 0. The lowest BCUT2D eigenvalue weighted by Gasteiger charge is -2.44. The lowest BCUT2D eigenvalue weighted by molar-refractivity contribution is -0.143. The van der Waals surface area contributed by atoms with Crippen LogP contribution in [-0.2, 0) is 4.79 Å². The van der Waals surface area contributed by atoms with Crippen LogP contribution in [0.3, 0.4) is 0 Å². The molecule has 0 radical (unpaired) electrons. The molecule has 1 aromatic rings. The van der Waals surface area contributed by atoms with Gasteiger partial charge in [-0.3, -0.25) is 4.79 Å². The van der Waals surface area contributed by atoms with E-state index in [0.29, 0.717) is 5.92 Å². The zero-order chi connectivity index (χ0) is 14.8. The Bertz CT molecular complexity index is 501. The van der Waals surface area contributed by atoms with Crippen LogP contribution in [0.1, 0.15) is 51.5 Å². The second-order valence-corrected chi connectivity index (χ2v) is 6.32. The first-order chi connectivity index (χ1) is 9.47. The molecule has 1 aliphatic rings. The highest BCUT2D eigenvalue weighted by Crippen LogP contribution is 2.51. The van der Waals surface area contributed by atoms with E-state index >= 15 is 0 Å². The van der Waals surface area contributed by atoms with Gasteiger partial charge in [0, 0.05) is 0 Å². The van der Waals surface area contributed by atoms with Gasteiger partial charge in [-0.25, -0.2) is 0 Å². The lowest BCUT2D eigenvalue weighted by atomic mass is 9.59. The molecule has 2 heteroatoms. The predicted octanol–water partition coefficient (Wildman–Crippen LogP) is 4.63. The van der Waals surface area contributed by atoms with Crippen molar-refractivity contribution >= 4 is 5.97 Å². The fraction of sp³-hybridized carbons (Fsp3) is 0.500. The van der Waals surface area contributed by atoms with Crippen molar-refractivity contribution in [3.63, 3.8) is 0 Å². The third-order valence-electron chi connectivity index (χ3n) is 4.92. The number of carboxylic acids is 1. The van der Waals surface area contributed by atoms with Crippen LogP contribution in [0.2, 0.25) is 0 Å². The zero-order valence-electron chi connectivity index (χ0n) is 12.6. The summed E-state index contributed by atoms with van der Waals surface area (Å²) < 4.78 is 0. The Labute approximate surface area is 121 Å². The lowest BCUT2D eigenvalue weighted by Crippen LogP contribution is -2.39. The summed E-state index contributed by atoms with van der Waals surface area (Å²) in [5.74, 6) is -0.779. The summed E-state index contributed by atoms with van der Waals surface area (Å²) in [5.41, 5.74) is 2.15. The predicted molar refractivity (Wildman–Crippen MR) is 81.7 cm³/mol. The third-order valence-corrected chi connectivity index (χ3v) is 4.92. The summed E-state index contributed by atoms with van der Waals surface area (Å²) in [6.45, 7) is 6.46. The molecule has 1 N–H and O–H groups in total. The largest absolute Gasteiger partial charge is 0.481 e. The average Bonchev–Trinajstić information content (AvgIpc) is 2.42. The summed E-state index contributed by atoms with van der Waals surface area (Å²) in [6.07, 6.45) is 5.07. The maximum atomic E-state index is 12.0. The minimum absolute atomic E-state index is 0.174. The second-order valence-electron chi connectivity index (χ2n) is 6.32. The molecule has 2 nitrogen and oxygen atoms in total. The van der Waals surface area contributed by atoms with Gasteiger partial charge >= 0.3 is 5.97 Å². The van der Waals surface area contributed by atoms with Gasteiger partial charge < -0.3 is 5.11 Å². The average molecular weight is 272 g/mol. The minimum atomic E-state index is -0.696. The van der Waals surface area contributed by atoms with Crippen LogP contribution in [-0.4, -0.2) is 11.1 Å². The molecular formula is C18H24O2.